The molecule has 1 heterocycles. The molecule has 1 unspecified atom stereocenters. The second-order valence-electron chi connectivity index (χ2n) is 15.3. The minimum atomic E-state index is -2.50. The van der Waals surface area contributed by atoms with Gasteiger partial charge in [-0.15, -0.1) is 0 Å². The third-order valence-electron chi connectivity index (χ3n) is 10.9. The molecule has 0 radical (unpaired) electrons. The molecule has 0 bridgehead atoms. The van der Waals surface area contributed by atoms with Gasteiger partial charge >= 0.3 is 5.69 Å². The summed E-state index contributed by atoms with van der Waals surface area (Å²) in [6.07, 6.45) is 2.08. The molecule has 13 nitrogen and oxygen atoms in total. The van der Waals surface area contributed by atoms with E-state index in [4.69, 9.17) is 18.9 Å². The Bertz CT molecular complexity index is 2290. The molecule has 61 heavy (non-hydrogen) atoms. The fraction of sp³-hybridized carbons (Fsp3) is 0.362. The van der Waals surface area contributed by atoms with Gasteiger partial charge in [-0.05, 0) is 100 Å². The molecule has 322 valence electrons. The minimum Gasteiger partial charge on any atom is -0.497 e. The zero-order valence-electron chi connectivity index (χ0n) is 35.6. The number of hydrogen-bond acceptors (Lipinski definition) is 11. The van der Waals surface area contributed by atoms with E-state index < -0.39 is 42.9 Å². The Morgan fingerprint density at radius 3 is 1.89 bits per heavy atom. The van der Waals surface area contributed by atoms with Crippen molar-refractivity contribution in [1.82, 2.24) is 13.8 Å². The maximum absolute atomic E-state index is 13.7. The first-order valence-corrected chi connectivity index (χ1v) is 21.4. The van der Waals surface area contributed by atoms with Crippen molar-refractivity contribution in [1.29, 1.82) is 5.26 Å². The lowest BCUT2D eigenvalue weighted by molar-refractivity contribution is -0.0727. The molecule has 0 aliphatic rings. The summed E-state index contributed by atoms with van der Waals surface area (Å²) >= 11 is 0. The van der Waals surface area contributed by atoms with Crippen molar-refractivity contribution in [3.05, 3.63) is 164 Å². The molecule has 0 amide bonds. The Kier molecular flexibility index (Phi) is 16.3. The number of nitrogens with zero attached hydrogens (tertiary/aromatic N) is 4. The number of rotatable bonds is 21. The van der Waals surface area contributed by atoms with Gasteiger partial charge < -0.3 is 28.7 Å². The summed E-state index contributed by atoms with van der Waals surface area (Å²) in [5.41, 5.74) is -0.610. The Balaban J connectivity index is 1.56. The molecular weight excluding hydrogens is 796 g/mol. The number of benzene rings is 4. The van der Waals surface area contributed by atoms with Crippen LogP contribution in [0, 0.1) is 18.3 Å². The van der Waals surface area contributed by atoms with Crippen molar-refractivity contribution in [2.24, 2.45) is 0 Å². The number of hydrogen-bond donors (Lipinski definition) is 2. The van der Waals surface area contributed by atoms with E-state index >= 15 is 0 Å². The number of aryl methyl sites for hydroxylation is 1. The Labute approximate surface area is 358 Å². The van der Waals surface area contributed by atoms with Crippen molar-refractivity contribution < 1.29 is 33.5 Å². The summed E-state index contributed by atoms with van der Waals surface area (Å²) in [5.74, 6) is 0.611. The van der Waals surface area contributed by atoms with Gasteiger partial charge in [0.15, 0.2) is 0 Å². The summed E-state index contributed by atoms with van der Waals surface area (Å²) in [7, 11) is 0.708. The van der Waals surface area contributed by atoms with Crippen molar-refractivity contribution in [2.75, 3.05) is 27.4 Å². The van der Waals surface area contributed by atoms with Gasteiger partial charge in [0.25, 0.3) is 20.0 Å². The lowest BCUT2D eigenvalue weighted by Gasteiger charge is -2.44. The van der Waals surface area contributed by atoms with Crippen molar-refractivity contribution in [2.45, 2.75) is 83.2 Å². The summed E-state index contributed by atoms with van der Waals surface area (Å²) in [6, 6.07) is 35.2. The van der Waals surface area contributed by atoms with Gasteiger partial charge in [-0.2, -0.15) is 9.83 Å². The number of carbonyl (C=O) groups excluding carboxylic acids is 1. The molecule has 5 rings (SSSR count). The molecule has 0 aliphatic heterocycles. The van der Waals surface area contributed by atoms with E-state index in [1.807, 2.05) is 99.6 Å². The first kappa shape index (κ1) is 46.6. The highest BCUT2D eigenvalue weighted by molar-refractivity contribution is 7.42. The minimum absolute atomic E-state index is 0.00170. The largest absolute Gasteiger partial charge is 0.497 e. The number of ether oxygens (including phenoxy) is 4. The molecule has 0 spiro atoms. The second kappa shape index (κ2) is 21.4. The van der Waals surface area contributed by atoms with Gasteiger partial charge in [0.05, 0.1) is 46.2 Å². The van der Waals surface area contributed by atoms with Crippen LogP contribution in [0.2, 0.25) is 0 Å². The SMILES string of the molecule is COc1ccc(C(OCC(CC[C@@](C)(CCC#N)N(C(C)C)P(O)O)OCCn2cc(C)c(=O)n(C(=O)c3ccccc3)c2=O)(c2ccccc2)c2ccc(OC)cc2)cc1. The Morgan fingerprint density at radius 1 is 0.836 bits per heavy atom. The number of nitriles is 1. The molecule has 14 heteroatoms. The first-order chi connectivity index (χ1) is 29.3. The molecule has 2 atom stereocenters. The normalized spacial score (nSPS) is 13.2. The fourth-order valence-electron chi connectivity index (χ4n) is 7.81. The lowest BCUT2D eigenvalue weighted by Crippen LogP contribution is -2.47. The quantitative estimate of drug-likeness (QED) is 0.0568. The van der Waals surface area contributed by atoms with E-state index in [0.29, 0.717) is 35.3 Å². The molecule has 4 aromatic carbocycles. The maximum Gasteiger partial charge on any atom is 0.338 e. The van der Waals surface area contributed by atoms with Crippen LogP contribution in [0.3, 0.4) is 0 Å². The molecule has 5 aromatic rings. The zero-order valence-corrected chi connectivity index (χ0v) is 36.5. The molecule has 0 aliphatic carbocycles. The van der Waals surface area contributed by atoms with E-state index in [0.717, 1.165) is 16.7 Å². The van der Waals surface area contributed by atoms with E-state index in [-0.39, 0.29) is 43.3 Å². The highest BCUT2D eigenvalue weighted by Gasteiger charge is 2.41. The van der Waals surface area contributed by atoms with E-state index in [2.05, 4.69) is 6.07 Å². The van der Waals surface area contributed by atoms with Crippen molar-refractivity contribution >= 4 is 14.4 Å². The standard InChI is InChI=1S/C47H55N4O9P/c1-34(2)51(61(55)56)46(4,27-13-29-48)28-26-42(59-31-30-49-32-35(3)43(52)50(45(49)54)44(53)36-14-9-7-10-15-36)33-60-47(37-16-11-8-12-17-37,38-18-22-40(57-5)23-19-38)39-20-24-41(58-6)25-21-39/h7-12,14-25,32,34,42,55-56H,13,26-28,30-31,33H2,1-6H3/t42?,46-/m1/s1. The van der Waals surface area contributed by atoms with Crippen LogP contribution in [0.4, 0.5) is 0 Å². The van der Waals surface area contributed by atoms with E-state index in [1.165, 1.54) is 10.8 Å². The van der Waals surface area contributed by atoms with Gasteiger partial charge in [0.2, 0.25) is 0 Å². The summed E-state index contributed by atoms with van der Waals surface area (Å²) in [5, 5.41) is 9.61. The molecule has 0 saturated heterocycles. The van der Waals surface area contributed by atoms with Gasteiger partial charge in [0, 0.05) is 35.3 Å². The zero-order chi connectivity index (χ0) is 44.2. The molecule has 0 saturated carbocycles. The summed E-state index contributed by atoms with van der Waals surface area (Å²) in [6.45, 7) is 7.24. The van der Waals surface area contributed by atoms with Crippen LogP contribution in [0.15, 0.2) is 125 Å². The number of methoxy groups -OCH3 is 2. The van der Waals surface area contributed by atoms with Gasteiger partial charge in [-0.25, -0.2) is 9.46 Å². The van der Waals surface area contributed by atoms with Crippen LogP contribution < -0.4 is 20.7 Å². The van der Waals surface area contributed by atoms with Crippen LogP contribution >= 0.6 is 8.53 Å². The smallest absolute Gasteiger partial charge is 0.338 e. The molecule has 0 fully saturated rings. The van der Waals surface area contributed by atoms with Crippen LogP contribution in [0.1, 0.15) is 79.1 Å². The third-order valence-corrected chi connectivity index (χ3v) is 12.2. The van der Waals surface area contributed by atoms with Crippen LogP contribution in [0.25, 0.3) is 0 Å². The predicted octanol–water partition coefficient (Wildman–Crippen LogP) is 7.18. The van der Waals surface area contributed by atoms with Crippen LogP contribution in [0.5, 0.6) is 11.5 Å². The van der Waals surface area contributed by atoms with Crippen LogP contribution in [-0.4, -0.2) is 74.6 Å². The Hall–Kier alpha value is -5.45. The monoisotopic (exact) mass is 850 g/mol. The number of carbonyl (C=O) groups is 1. The summed E-state index contributed by atoms with van der Waals surface area (Å²) in [4.78, 5) is 61.6. The maximum atomic E-state index is 13.7. The molecule has 2 N–H and O–H groups in total. The number of aromatic nitrogens is 2. The highest BCUT2D eigenvalue weighted by atomic mass is 31.2. The van der Waals surface area contributed by atoms with E-state index in [1.54, 1.807) is 56.1 Å². The average molecular weight is 851 g/mol. The van der Waals surface area contributed by atoms with Crippen molar-refractivity contribution in [3.8, 4) is 17.6 Å². The first-order valence-electron chi connectivity index (χ1n) is 20.2. The molecular formula is C47H55N4O9P. The van der Waals surface area contributed by atoms with Crippen LogP contribution in [-0.2, 0) is 21.6 Å². The van der Waals surface area contributed by atoms with Gasteiger partial charge in [-0.1, -0.05) is 72.8 Å². The summed E-state index contributed by atoms with van der Waals surface area (Å²) < 4.78 is 28.5. The third kappa shape index (κ3) is 10.9. The Morgan fingerprint density at radius 2 is 1.38 bits per heavy atom. The van der Waals surface area contributed by atoms with Crippen molar-refractivity contribution in [3.63, 3.8) is 0 Å². The molecule has 1 aromatic heterocycles. The van der Waals surface area contributed by atoms with Gasteiger partial charge in [0.1, 0.15) is 17.1 Å². The lowest BCUT2D eigenvalue weighted by atomic mass is 9.80. The van der Waals surface area contributed by atoms with E-state index in [9.17, 15) is 29.4 Å². The topological polar surface area (TPSA) is 165 Å². The highest BCUT2D eigenvalue weighted by Crippen LogP contribution is 2.45. The second-order valence-corrected chi connectivity index (χ2v) is 16.3. The predicted molar refractivity (Wildman–Crippen MR) is 235 cm³/mol. The van der Waals surface area contributed by atoms with Gasteiger partial charge in [-0.3, -0.25) is 14.2 Å². The average Bonchev–Trinajstić information content (AvgIpc) is 3.27. The fourth-order valence-corrected chi connectivity index (χ4v) is 8.85.